The van der Waals surface area contributed by atoms with Crippen molar-refractivity contribution in [2.75, 3.05) is 11.5 Å². The number of rotatable bonds is 2. The number of aromatic amines is 1. The summed E-state index contributed by atoms with van der Waals surface area (Å²) >= 11 is 11.2. The number of aromatic nitrogens is 4. The molecule has 5 aromatic rings. The first-order valence-electron chi connectivity index (χ1n) is 10.1. The summed E-state index contributed by atoms with van der Waals surface area (Å²) in [7, 11) is 0. The first-order valence-corrected chi connectivity index (χ1v) is 10.8. The van der Waals surface area contributed by atoms with E-state index in [4.69, 9.17) is 39.8 Å². The number of benzene rings is 2. The number of hydrogen-bond donors (Lipinski definition) is 4. The quantitative estimate of drug-likeness (QED) is 0.165. The van der Waals surface area contributed by atoms with Gasteiger partial charge in [-0.2, -0.15) is 0 Å². The van der Waals surface area contributed by atoms with Crippen molar-refractivity contribution in [3.8, 4) is 11.4 Å². The van der Waals surface area contributed by atoms with E-state index >= 15 is 0 Å². The molecule has 0 unspecified atom stereocenters. The molecule has 3 heterocycles. The zero-order valence-corrected chi connectivity index (χ0v) is 19.8. The van der Waals surface area contributed by atoms with Crippen LogP contribution in [-0.4, -0.2) is 31.0 Å². The minimum Gasteiger partial charge on any atom is -0.478 e. The van der Waals surface area contributed by atoms with Gasteiger partial charge in [0.2, 0.25) is 0 Å². The third kappa shape index (κ3) is 6.87. The van der Waals surface area contributed by atoms with Gasteiger partial charge in [-0.1, -0.05) is 35.3 Å². The van der Waals surface area contributed by atoms with E-state index in [-0.39, 0.29) is 27.9 Å². The Bertz CT molecular complexity index is 1490. The van der Waals surface area contributed by atoms with Gasteiger partial charge in [0.15, 0.2) is 5.82 Å². The van der Waals surface area contributed by atoms with Crippen LogP contribution in [0.2, 0.25) is 10.3 Å². The molecule has 0 bridgehead atoms. The van der Waals surface area contributed by atoms with E-state index in [1.54, 1.807) is 36.5 Å². The Labute approximate surface area is 213 Å². The van der Waals surface area contributed by atoms with Crippen LogP contribution >= 0.6 is 23.2 Å². The number of carboxylic acids is 1. The molecular formula is C24H18Cl2F2N6O2. The molecule has 0 aliphatic heterocycles. The molecule has 0 saturated heterocycles. The van der Waals surface area contributed by atoms with Crippen LogP contribution < -0.4 is 11.5 Å². The number of carbonyl (C=O) groups is 1. The van der Waals surface area contributed by atoms with E-state index in [2.05, 4.69) is 19.9 Å². The van der Waals surface area contributed by atoms with Gasteiger partial charge in [0.05, 0.1) is 22.5 Å². The number of pyridine rings is 2. The number of H-pyrrole nitrogens is 1. The smallest absolute Gasteiger partial charge is 0.335 e. The van der Waals surface area contributed by atoms with Gasteiger partial charge < -0.3 is 21.6 Å². The predicted molar refractivity (Wildman–Crippen MR) is 136 cm³/mol. The van der Waals surface area contributed by atoms with Gasteiger partial charge in [-0.05, 0) is 48.5 Å². The summed E-state index contributed by atoms with van der Waals surface area (Å²) in [6.45, 7) is 0. The molecule has 0 radical (unpaired) electrons. The van der Waals surface area contributed by atoms with Crippen molar-refractivity contribution in [3.05, 3.63) is 101 Å². The summed E-state index contributed by atoms with van der Waals surface area (Å²) in [5.74, 6) is -1.22. The second-order valence-corrected chi connectivity index (χ2v) is 7.78. The summed E-state index contributed by atoms with van der Waals surface area (Å²) in [5, 5.41) is 9.00. The van der Waals surface area contributed by atoms with Crippen LogP contribution in [0, 0.1) is 11.6 Å². The normalized spacial score (nSPS) is 10.1. The first kappa shape index (κ1) is 26.3. The number of anilines is 2. The molecule has 0 atom stereocenters. The van der Waals surface area contributed by atoms with Gasteiger partial charge in [-0.15, -0.1) is 0 Å². The van der Waals surface area contributed by atoms with Crippen LogP contribution in [0.3, 0.4) is 0 Å². The number of nitrogens with zero attached hydrogens (tertiary/aromatic N) is 3. The lowest BCUT2D eigenvalue weighted by molar-refractivity contribution is 0.0696. The van der Waals surface area contributed by atoms with Gasteiger partial charge in [0.25, 0.3) is 0 Å². The summed E-state index contributed by atoms with van der Waals surface area (Å²) in [4.78, 5) is 25.0. The van der Waals surface area contributed by atoms with E-state index in [0.717, 1.165) is 5.56 Å². The van der Waals surface area contributed by atoms with Gasteiger partial charge in [-0.25, -0.2) is 28.5 Å². The molecule has 6 N–H and O–H groups in total. The van der Waals surface area contributed by atoms with Crippen LogP contribution in [0.25, 0.3) is 22.4 Å². The molecular weight excluding hydrogens is 513 g/mol. The number of nitrogens with one attached hydrogen (secondary N) is 1. The highest BCUT2D eigenvalue weighted by Crippen LogP contribution is 2.23. The summed E-state index contributed by atoms with van der Waals surface area (Å²) in [6, 6.07) is 15.3. The number of nitrogen functional groups attached to an aromatic ring is 2. The minimum absolute atomic E-state index is 0.0255. The van der Waals surface area contributed by atoms with E-state index in [1.807, 2.05) is 0 Å². The molecule has 2 aromatic carbocycles. The highest BCUT2D eigenvalue weighted by atomic mass is 35.5. The maximum atomic E-state index is 13.5. The maximum Gasteiger partial charge on any atom is 0.335 e. The average Bonchev–Trinajstić information content (AvgIpc) is 3.29. The highest BCUT2D eigenvalue weighted by Gasteiger charge is 2.09. The summed E-state index contributed by atoms with van der Waals surface area (Å²) in [5.41, 5.74) is 12.7. The Hall–Kier alpha value is -4.28. The zero-order chi connectivity index (χ0) is 26.2. The monoisotopic (exact) mass is 530 g/mol. The summed E-state index contributed by atoms with van der Waals surface area (Å²) < 4.78 is 25.8. The van der Waals surface area contributed by atoms with Gasteiger partial charge in [0, 0.05) is 18.0 Å². The van der Waals surface area contributed by atoms with Crippen LogP contribution in [-0.2, 0) is 0 Å². The van der Waals surface area contributed by atoms with E-state index < -0.39 is 11.8 Å². The Kier molecular flexibility index (Phi) is 8.71. The minimum atomic E-state index is -0.996. The second kappa shape index (κ2) is 11.9. The third-order valence-electron chi connectivity index (χ3n) is 4.52. The number of nitrogens with two attached hydrogens (primary N) is 2. The van der Waals surface area contributed by atoms with E-state index in [1.165, 1.54) is 36.5 Å². The highest BCUT2D eigenvalue weighted by molar-refractivity contribution is 6.30. The van der Waals surface area contributed by atoms with Gasteiger partial charge in [-0.3, -0.25) is 0 Å². The van der Waals surface area contributed by atoms with Crippen LogP contribution in [0.4, 0.5) is 20.2 Å². The molecule has 0 fully saturated rings. The van der Waals surface area contributed by atoms with Crippen LogP contribution in [0.15, 0.2) is 73.1 Å². The third-order valence-corrected chi connectivity index (χ3v) is 4.94. The fraction of sp³-hybridized carbons (Fsp3) is 0. The van der Waals surface area contributed by atoms with Gasteiger partial charge in [0.1, 0.15) is 27.5 Å². The maximum absolute atomic E-state index is 13.5. The Balaban J connectivity index is 0.000000163. The van der Waals surface area contributed by atoms with Gasteiger partial charge >= 0.3 is 5.97 Å². The molecule has 0 saturated carbocycles. The van der Waals surface area contributed by atoms with Crippen molar-refractivity contribution in [1.29, 1.82) is 0 Å². The fourth-order valence-electron chi connectivity index (χ4n) is 2.77. The molecule has 8 nitrogen and oxygen atoms in total. The average molecular weight is 531 g/mol. The van der Waals surface area contributed by atoms with Crippen LogP contribution in [0.1, 0.15) is 10.4 Å². The lowest BCUT2D eigenvalue weighted by Crippen LogP contribution is -1.96. The SMILES string of the molecule is Fc1cccc2[nH]c(-c3ccnc(Cl)c3)nc12.Nc1cccc(F)c1N.O=C(O)c1ccnc(Cl)c1. The standard InChI is InChI=1S/C12H7ClFN3.C6H4ClNO2.C6H7FN2/c13-10-6-7(4-5-15-10)12-16-9-3-1-2-8(14)11(9)17-12;7-5-3-4(6(9)10)1-2-8-5;7-4-2-1-3-5(8)6(4)9/h1-6H,(H,16,17);1-3H,(H,9,10);1-3H,8-9H2. The van der Waals surface area contributed by atoms with Crippen LogP contribution in [0.5, 0.6) is 0 Å². The Morgan fingerprint density at radius 3 is 2.08 bits per heavy atom. The molecule has 5 rings (SSSR count). The molecule has 3 aromatic heterocycles. The fourth-order valence-corrected chi connectivity index (χ4v) is 3.12. The lowest BCUT2D eigenvalue weighted by Gasteiger charge is -1.97. The molecule has 12 heteroatoms. The second-order valence-electron chi connectivity index (χ2n) is 7.00. The van der Waals surface area contributed by atoms with Crippen molar-refractivity contribution in [1.82, 2.24) is 19.9 Å². The number of carboxylic acid groups (broad SMARTS) is 1. The van der Waals surface area contributed by atoms with Crippen molar-refractivity contribution >= 4 is 51.6 Å². The first-order chi connectivity index (χ1) is 17.2. The number of fused-ring (bicyclic) bond motifs is 1. The molecule has 36 heavy (non-hydrogen) atoms. The number of hydrogen-bond acceptors (Lipinski definition) is 6. The molecule has 0 aliphatic carbocycles. The van der Waals surface area contributed by atoms with Crippen molar-refractivity contribution in [2.24, 2.45) is 0 Å². The Morgan fingerprint density at radius 1 is 0.889 bits per heavy atom. The zero-order valence-electron chi connectivity index (χ0n) is 18.3. The van der Waals surface area contributed by atoms with Crippen molar-refractivity contribution in [2.45, 2.75) is 0 Å². The molecule has 0 spiro atoms. The van der Waals surface area contributed by atoms with E-state index in [0.29, 0.717) is 22.0 Å². The van der Waals surface area contributed by atoms with Crippen molar-refractivity contribution < 1.29 is 18.7 Å². The van der Waals surface area contributed by atoms with E-state index in [9.17, 15) is 13.6 Å². The number of para-hydroxylation sites is 2. The largest absolute Gasteiger partial charge is 0.478 e. The van der Waals surface area contributed by atoms with Crippen molar-refractivity contribution in [3.63, 3.8) is 0 Å². The summed E-state index contributed by atoms with van der Waals surface area (Å²) in [6.07, 6.45) is 2.94. The topological polar surface area (TPSA) is 144 Å². The number of halogens is 4. The number of imidazole rings is 1. The number of aromatic carboxylic acids is 1. The Morgan fingerprint density at radius 2 is 1.53 bits per heavy atom. The molecule has 184 valence electrons. The predicted octanol–water partition coefficient (Wildman–Crippen LogP) is 5.84. The molecule has 0 aliphatic rings. The molecule has 0 amide bonds. The lowest BCUT2D eigenvalue weighted by atomic mass is 10.2.